The van der Waals surface area contributed by atoms with Crippen molar-refractivity contribution in [1.82, 2.24) is 4.98 Å². The molecule has 0 aliphatic heterocycles. The van der Waals surface area contributed by atoms with Crippen LogP contribution in [0.25, 0.3) is 11.1 Å². The lowest BCUT2D eigenvalue weighted by Crippen LogP contribution is -2.14. The molecule has 0 saturated carbocycles. The molecule has 0 saturated heterocycles. The second kappa shape index (κ2) is 13.5. The van der Waals surface area contributed by atoms with E-state index in [9.17, 15) is 4.79 Å². The number of ether oxygens (including phenoxy) is 1. The molecule has 6 heteroatoms. The molecule has 0 atom stereocenters. The summed E-state index contributed by atoms with van der Waals surface area (Å²) in [6.07, 6.45) is 2.39. The number of esters is 1. The van der Waals surface area contributed by atoms with Crippen molar-refractivity contribution in [2.75, 3.05) is 7.11 Å². The summed E-state index contributed by atoms with van der Waals surface area (Å²) >= 11 is 0. The molecule has 34 heavy (non-hydrogen) atoms. The van der Waals surface area contributed by atoms with Crippen LogP contribution in [0, 0.1) is 19.8 Å². The molecular formula is C28H36Cl2N2O2. The summed E-state index contributed by atoms with van der Waals surface area (Å²) < 4.78 is 4.98. The Bertz CT molecular complexity index is 1100. The van der Waals surface area contributed by atoms with Crippen LogP contribution in [0.15, 0.2) is 48.5 Å². The first-order chi connectivity index (χ1) is 15.3. The van der Waals surface area contributed by atoms with Gasteiger partial charge in [0.05, 0.1) is 12.7 Å². The summed E-state index contributed by atoms with van der Waals surface area (Å²) in [7, 11) is 1.42. The van der Waals surface area contributed by atoms with Crippen LogP contribution in [0.4, 0.5) is 0 Å². The standard InChI is InChI=1S/C28H34N2O2.2ClH/c1-18(2)16-26-25(17-29)27(22-12-10-19(3)11-13-22)23(20(4)30-26)15-14-21-8-6-7-9-24(21)28(31)32-5;;/h6-13,18H,14-17,29H2,1-5H3;2*1H. The van der Waals surface area contributed by atoms with Crippen molar-refractivity contribution < 1.29 is 9.53 Å². The third kappa shape index (κ3) is 6.82. The van der Waals surface area contributed by atoms with E-state index in [1.54, 1.807) is 0 Å². The van der Waals surface area contributed by atoms with E-state index in [-0.39, 0.29) is 30.8 Å². The number of nitrogens with zero attached hydrogens (tertiary/aromatic N) is 1. The number of methoxy groups -OCH3 is 1. The second-order valence-corrected chi connectivity index (χ2v) is 8.79. The van der Waals surface area contributed by atoms with E-state index in [0.29, 0.717) is 18.0 Å². The molecule has 1 aromatic heterocycles. The van der Waals surface area contributed by atoms with E-state index < -0.39 is 0 Å². The summed E-state index contributed by atoms with van der Waals surface area (Å²) in [6, 6.07) is 16.3. The zero-order valence-corrected chi connectivity index (χ0v) is 22.3. The van der Waals surface area contributed by atoms with Gasteiger partial charge in [0.25, 0.3) is 0 Å². The van der Waals surface area contributed by atoms with E-state index in [4.69, 9.17) is 15.5 Å². The van der Waals surface area contributed by atoms with Gasteiger partial charge in [0, 0.05) is 17.9 Å². The maximum Gasteiger partial charge on any atom is 0.338 e. The Kier molecular flexibility index (Phi) is 11.7. The van der Waals surface area contributed by atoms with E-state index in [1.807, 2.05) is 24.3 Å². The van der Waals surface area contributed by atoms with Crippen molar-refractivity contribution in [3.63, 3.8) is 0 Å². The Hall–Kier alpha value is -2.40. The van der Waals surface area contributed by atoms with Crippen LogP contribution in [-0.2, 0) is 30.5 Å². The normalized spacial score (nSPS) is 10.4. The van der Waals surface area contributed by atoms with E-state index >= 15 is 0 Å². The highest BCUT2D eigenvalue weighted by Crippen LogP contribution is 2.33. The summed E-state index contributed by atoms with van der Waals surface area (Å²) in [4.78, 5) is 17.2. The molecule has 0 radical (unpaired) electrons. The van der Waals surface area contributed by atoms with Gasteiger partial charge in [0.1, 0.15) is 0 Å². The average molecular weight is 504 g/mol. The van der Waals surface area contributed by atoms with Gasteiger partial charge < -0.3 is 10.5 Å². The maximum absolute atomic E-state index is 12.2. The number of halogens is 2. The molecule has 0 spiro atoms. The number of carbonyl (C=O) groups excluding carboxylic acids is 1. The SMILES string of the molecule is COC(=O)c1ccccc1CCc1c(C)nc(CC(C)C)c(CN)c1-c1ccc(C)cc1.Cl.Cl. The van der Waals surface area contributed by atoms with Gasteiger partial charge in [-0.25, -0.2) is 4.79 Å². The number of nitrogens with two attached hydrogens (primary N) is 1. The molecule has 3 aromatic rings. The van der Waals surface area contributed by atoms with Crippen LogP contribution >= 0.6 is 24.8 Å². The van der Waals surface area contributed by atoms with Crippen LogP contribution in [0.1, 0.15) is 57.8 Å². The van der Waals surface area contributed by atoms with Gasteiger partial charge in [-0.05, 0) is 72.9 Å². The van der Waals surface area contributed by atoms with Gasteiger partial charge in [0.15, 0.2) is 0 Å². The van der Waals surface area contributed by atoms with Crippen molar-refractivity contribution in [3.05, 3.63) is 87.7 Å². The van der Waals surface area contributed by atoms with Gasteiger partial charge in [-0.1, -0.05) is 61.9 Å². The maximum atomic E-state index is 12.2. The van der Waals surface area contributed by atoms with E-state index in [1.165, 1.54) is 29.4 Å². The number of pyridine rings is 1. The van der Waals surface area contributed by atoms with Crippen LogP contribution in [0.2, 0.25) is 0 Å². The minimum absolute atomic E-state index is 0. The van der Waals surface area contributed by atoms with Crippen LogP contribution in [-0.4, -0.2) is 18.1 Å². The third-order valence-electron chi connectivity index (χ3n) is 5.90. The van der Waals surface area contributed by atoms with Crippen molar-refractivity contribution >= 4 is 30.8 Å². The lowest BCUT2D eigenvalue weighted by molar-refractivity contribution is 0.0599. The Morgan fingerprint density at radius 3 is 2.21 bits per heavy atom. The van der Waals surface area contributed by atoms with Gasteiger partial charge in [-0.3, -0.25) is 4.98 Å². The second-order valence-electron chi connectivity index (χ2n) is 8.79. The first kappa shape index (κ1) is 29.6. The van der Waals surface area contributed by atoms with Crippen molar-refractivity contribution in [3.8, 4) is 11.1 Å². The Balaban J connectivity index is 0.00000289. The van der Waals surface area contributed by atoms with Gasteiger partial charge in [-0.15, -0.1) is 24.8 Å². The Labute approximate surface area is 216 Å². The van der Waals surface area contributed by atoms with Crippen LogP contribution < -0.4 is 5.73 Å². The molecule has 0 amide bonds. The first-order valence-corrected chi connectivity index (χ1v) is 11.3. The molecule has 184 valence electrons. The number of hydrogen-bond acceptors (Lipinski definition) is 4. The molecule has 0 unspecified atom stereocenters. The Morgan fingerprint density at radius 1 is 0.971 bits per heavy atom. The molecular weight excluding hydrogens is 467 g/mol. The fourth-order valence-electron chi connectivity index (χ4n) is 4.30. The molecule has 4 nitrogen and oxygen atoms in total. The number of rotatable bonds is 8. The molecule has 2 N–H and O–H groups in total. The summed E-state index contributed by atoms with van der Waals surface area (Å²) in [5.41, 5.74) is 15.9. The minimum atomic E-state index is -0.302. The van der Waals surface area contributed by atoms with Crippen molar-refractivity contribution in [2.45, 2.75) is 53.5 Å². The quantitative estimate of drug-likeness (QED) is 0.360. The van der Waals surface area contributed by atoms with E-state index in [0.717, 1.165) is 41.8 Å². The molecule has 3 rings (SSSR count). The Morgan fingerprint density at radius 2 is 1.62 bits per heavy atom. The third-order valence-corrected chi connectivity index (χ3v) is 5.90. The highest BCUT2D eigenvalue weighted by atomic mass is 35.5. The highest BCUT2D eigenvalue weighted by Gasteiger charge is 2.20. The number of hydrogen-bond donors (Lipinski definition) is 1. The molecule has 0 bridgehead atoms. The topological polar surface area (TPSA) is 65.2 Å². The first-order valence-electron chi connectivity index (χ1n) is 11.3. The number of aryl methyl sites for hydroxylation is 3. The largest absolute Gasteiger partial charge is 0.465 e. The lowest BCUT2D eigenvalue weighted by Gasteiger charge is -2.21. The average Bonchev–Trinajstić information content (AvgIpc) is 2.78. The smallest absolute Gasteiger partial charge is 0.338 e. The molecule has 0 aliphatic rings. The molecule has 1 heterocycles. The van der Waals surface area contributed by atoms with Gasteiger partial charge in [-0.2, -0.15) is 0 Å². The van der Waals surface area contributed by atoms with Crippen molar-refractivity contribution in [1.29, 1.82) is 0 Å². The number of benzene rings is 2. The lowest BCUT2D eigenvalue weighted by atomic mass is 9.87. The summed E-state index contributed by atoms with van der Waals surface area (Å²) in [5.74, 6) is 0.194. The predicted molar refractivity (Wildman–Crippen MR) is 145 cm³/mol. The van der Waals surface area contributed by atoms with Crippen molar-refractivity contribution in [2.24, 2.45) is 11.7 Å². The summed E-state index contributed by atoms with van der Waals surface area (Å²) in [5, 5.41) is 0. The fraction of sp³-hybridized carbons (Fsp3) is 0.357. The zero-order valence-electron chi connectivity index (χ0n) is 20.7. The monoisotopic (exact) mass is 502 g/mol. The van der Waals surface area contributed by atoms with E-state index in [2.05, 4.69) is 52.0 Å². The molecule has 0 aliphatic carbocycles. The predicted octanol–water partition coefficient (Wildman–Crippen LogP) is 6.44. The molecule has 2 aromatic carbocycles. The molecule has 0 fully saturated rings. The fourth-order valence-corrected chi connectivity index (χ4v) is 4.30. The highest BCUT2D eigenvalue weighted by molar-refractivity contribution is 5.91. The van der Waals surface area contributed by atoms with Gasteiger partial charge in [0.2, 0.25) is 0 Å². The van der Waals surface area contributed by atoms with Gasteiger partial charge >= 0.3 is 5.97 Å². The number of carbonyl (C=O) groups is 1. The minimum Gasteiger partial charge on any atom is -0.465 e. The summed E-state index contributed by atoms with van der Waals surface area (Å²) in [6.45, 7) is 9.05. The van der Waals surface area contributed by atoms with Crippen LogP contribution in [0.3, 0.4) is 0 Å². The zero-order chi connectivity index (χ0) is 23.3. The number of aromatic nitrogens is 1. The van der Waals surface area contributed by atoms with Crippen LogP contribution in [0.5, 0.6) is 0 Å².